The van der Waals surface area contributed by atoms with Crippen LogP contribution in [0.25, 0.3) is 0 Å². The molecule has 0 fully saturated rings. The smallest absolute Gasteiger partial charge is 0.132 e. The number of rotatable bonds is 5. The summed E-state index contributed by atoms with van der Waals surface area (Å²) in [6, 6.07) is 4.38. The number of hydrogen-bond donors (Lipinski definition) is 1. The largest absolute Gasteiger partial charge is 0.497 e. The Kier molecular flexibility index (Phi) is 4.71. The molecular weight excluding hydrogens is 211 g/mol. The zero-order valence-electron chi connectivity index (χ0n) is 9.74. The first kappa shape index (κ1) is 12.9. The lowest BCUT2D eigenvalue weighted by Crippen LogP contribution is -2.20. The summed E-state index contributed by atoms with van der Waals surface area (Å²) >= 11 is 0. The highest BCUT2D eigenvalue weighted by molar-refractivity contribution is 5.30. The monoisotopic (exact) mass is 228 g/mol. The molecule has 1 aromatic rings. The van der Waals surface area contributed by atoms with Crippen LogP contribution in [-0.4, -0.2) is 25.4 Å². The highest BCUT2D eigenvalue weighted by atomic mass is 19.1. The minimum absolute atomic E-state index is 0.231. The van der Waals surface area contributed by atoms with Crippen LogP contribution < -0.4 is 4.74 Å². The Morgan fingerprint density at radius 3 is 2.50 bits per heavy atom. The summed E-state index contributed by atoms with van der Waals surface area (Å²) in [4.78, 5) is 0. The fourth-order valence-electron chi connectivity index (χ4n) is 1.59. The van der Waals surface area contributed by atoms with Crippen LogP contribution in [0.5, 0.6) is 5.75 Å². The molecule has 0 spiro atoms. The second-order valence-corrected chi connectivity index (χ2v) is 3.51. The average molecular weight is 228 g/mol. The molecule has 0 saturated heterocycles. The molecule has 0 heterocycles. The number of halogens is 1. The van der Waals surface area contributed by atoms with Gasteiger partial charge in [0.15, 0.2) is 0 Å². The van der Waals surface area contributed by atoms with Crippen LogP contribution in [0.1, 0.15) is 25.0 Å². The second kappa shape index (κ2) is 5.82. The Bertz CT molecular complexity index is 337. The van der Waals surface area contributed by atoms with Crippen molar-refractivity contribution in [2.75, 3.05) is 14.2 Å². The van der Waals surface area contributed by atoms with Crippen molar-refractivity contribution in [3.05, 3.63) is 29.6 Å². The lowest BCUT2D eigenvalue weighted by Gasteiger charge is -2.21. The van der Waals surface area contributed by atoms with Gasteiger partial charge in [-0.3, -0.25) is 0 Å². The summed E-state index contributed by atoms with van der Waals surface area (Å²) in [7, 11) is 2.97. The third kappa shape index (κ3) is 2.71. The minimum atomic E-state index is -0.957. The molecule has 0 aromatic heterocycles. The molecule has 0 amide bonds. The molecule has 0 saturated carbocycles. The maximum Gasteiger partial charge on any atom is 0.132 e. The second-order valence-electron chi connectivity index (χ2n) is 3.51. The molecule has 4 heteroatoms. The van der Waals surface area contributed by atoms with Crippen LogP contribution in [0.2, 0.25) is 0 Å². The zero-order valence-corrected chi connectivity index (χ0v) is 9.74. The molecule has 0 radical (unpaired) electrons. The van der Waals surface area contributed by atoms with Crippen LogP contribution in [0.3, 0.4) is 0 Å². The van der Waals surface area contributed by atoms with E-state index in [1.807, 2.05) is 6.92 Å². The normalized spacial score (nSPS) is 14.6. The van der Waals surface area contributed by atoms with Gasteiger partial charge in [0.1, 0.15) is 17.7 Å². The van der Waals surface area contributed by atoms with Gasteiger partial charge < -0.3 is 14.6 Å². The zero-order chi connectivity index (χ0) is 12.1. The van der Waals surface area contributed by atoms with Gasteiger partial charge in [-0.1, -0.05) is 6.92 Å². The van der Waals surface area contributed by atoms with Crippen LogP contribution in [0, 0.1) is 5.82 Å². The summed E-state index contributed by atoms with van der Waals surface area (Å²) in [5.41, 5.74) is 0.231. The van der Waals surface area contributed by atoms with Gasteiger partial charge in [0, 0.05) is 18.7 Å². The van der Waals surface area contributed by atoms with E-state index in [9.17, 15) is 9.50 Å². The quantitative estimate of drug-likeness (QED) is 0.840. The molecule has 2 atom stereocenters. The first-order valence-electron chi connectivity index (χ1n) is 5.18. The van der Waals surface area contributed by atoms with Crippen LogP contribution in [0.4, 0.5) is 4.39 Å². The molecule has 0 bridgehead atoms. The molecule has 3 nitrogen and oxygen atoms in total. The fourth-order valence-corrected chi connectivity index (χ4v) is 1.59. The van der Waals surface area contributed by atoms with Gasteiger partial charge in [-0.05, 0) is 18.6 Å². The standard InChI is InChI=1S/C12H17FO3/c1-4-11(16-3)12(14)9-6-5-8(15-2)7-10(9)13/h5-7,11-12,14H,4H2,1-3H3. The van der Waals surface area contributed by atoms with E-state index in [1.54, 1.807) is 6.07 Å². The van der Waals surface area contributed by atoms with Crippen molar-refractivity contribution in [2.45, 2.75) is 25.6 Å². The predicted molar refractivity (Wildman–Crippen MR) is 59.0 cm³/mol. The van der Waals surface area contributed by atoms with Gasteiger partial charge in [0.25, 0.3) is 0 Å². The molecule has 2 unspecified atom stereocenters. The lowest BCUT2D eigenvalue weighted by atomic mass is 10.0. The Labute approximate surface area is 94.8 Å². The van der Waals surface area contributed by atoms with Crippen molar-refractivity contribution in [3.63, 3.8) is 0 Å². The molecule has 0 aliphatic carbocycles. The highest BCUT2D eigenvalue weighted by Crippen LogP contribution is 2.26. The van der Waals surface area contributed by atoms with Gasteiger partial charge >= 0.3 is 0 Å². The number of ether oxygens (including phenoxy) is 2. The maximum absolute atomic E-state index is 13.6. The molecule has 90 valence electrons. The first-order valence-corrected chi connectivity index (χ1v) is 5.18. The Morgan fingerprint density at radius 2 is 2.06 bits per heavy atom. The van der Waals surface area contributed by atoms with Crippen molar-refractivity contribution in [1.29, 1.82) is 0 Å². The molecule has 1 N–H and O–H groups in total. The van der Waals surface area contributed by atoms with Crippen LogP contribution >= 0.6 is 0 Å². The summed E-state index contributed by atoms with van der Waals surface area (Å²) in [6.45, 7) is 1.87. The van der Waals surface area contributed by atoms with E-state index in [2.05, 4.69) is 0 Å². The fraction of sp³-hybridized carbons (Fsp3) is 0.500. The third-order valence-corrected chi connectivity index (χ3v) is 2.58. The Morgan fingerprint density at radius 1 is 1.38 bits per heavy atom. The molecule has 0 aliphatic rings. The maximum atomic E-state index is 13.6. The number of aliphatic hydroxyl groups excluding tert-OH is 1. The molecular formula is C12H17FO3. The van der Waals surface area contributed by atoms with E-state index in [-0.39, 0.29) is 5.56 Å². The summed E-state index contributed by atoms with van der Waals surface area (Å²) in [5, 5.41) is 9.92. The number of benzene rings is 1. The molecule has 1 aromatic carbocycles. The van der Waals surface area contributed by atoms with Crippen molar-refractivity contribution in [1.82, 2.24) is 0 Å². The van der Waals surface area contributed by atoms with E-state index in [4.69, 9.17) is 9.47 Å². The average Bonchev–Trinajstić information content (AvgIpc) is 2.30. The van der Waals surface area contributed by atoms with E-state index in [0.29, 0.717) is 12.2 Å². The lowest BCUT2D eigenvalue weighted by molar-refractivity contribution is -0.0164. The molecule has 16 heavy (non-hydrogen) atoms. The summed E-state index contributed by atoms with van der Waals surface area (Å²) in [5.74, 6) is -0.0544. The van der Waals surface area contributed by atoms with Crippen LogP contribution in [-0.2, 0) is 4.74 Å². The summed E-state index contributed by atoms with van der Waals surface area (Å²) < 4.78 is 23.6. The van der Waals surface area contributed by atoms with Crippen LogP contribution in [0.15, 0.2) is 18.2 Å². The Balaban J connectivity index is 2.95. The highest BCUT2D eigenvalue weighted by Gasteiger charge is 2.22. The van der Waals surface area contributed by atoms with Crippen molar-refractivity contribution in [3.8, 4) is 5.75 Å². The van der Waals surface area contributed by atoms with Crippen molar-refractivity contribution >= 4 is 0 Å². The van der Waals surface area contributed by atoms with E-state index < -0.39 is 18.0 Å². The SMILES string of the molecule is CCC(OC)C(O)c1ccc(OC)cc1F. The van der Waals surface area contributed by atoms with E-state index in [1.165, 1.54) is 26.4 Å². The van der Waals surface area contributed by atoms with Gasteiger partial charge in [0.2, 0.25) is 0 Å². The van der Waals surface area contributed by atoms with Gasteiger partial charge in [-0.15, -0.1) is 0 Å². The third-order valence-electron chi connectivity index (χ3n) is 2.58. The predicted octanol–water partition coefficient (Wildman–Crippen LogP) is 2.29. The first-order chi connectivity index (χ1) is 7.63. The Hall–Kier alpha value is -1.13. The van der Waals surface area contributed by atoms with Gasteiger partial charge in [-0.2, -0.15) is 0 Å². The van der Waals surface area contributed by atoms with Crippen molar-refractivity contribution < 1.29 is 19.0 Å². The van der Waals surface area contributed by atoms with E-state index in [0.717, 1.165) is 0 Å². The van der Waals surface area contributed by atoms with Gasteiger partial charge in [0.05, 0.1) is 13.2 Å². The number of hydrogen-bond acceptors (Lipinski definition) is 3. The summed E-state index contributed by atoms with van der Waals surface area (Å²) in [6.07, 6.45) is -0.743. The van der Waals surface area contributed by atoms with E-state index >= 15 is 0 Å². The number of methoxy groups -OCH3 is 2. The molecule has 1 rings (SSSR count). The van der Waals surface area contributed by atoms with Crippen molar-refractivity contribution in [2.24, 2.45) is 0 Å². The number of aliphatic hydroxyl groups is 1. The minimum Gasteiger partial charge on any atom is -0.497 e. The molecule has 0 aliphatic heterocycles. The van der Waals surface area contributed by atoms with Gasteiger partial charge in [-0.25, -0.2) is 4.39 Å². The topological polar surface area (TPSA) is 38.7 Å².